The minimum absolute atomic E-state index is 0.0486. The van der Waals surface area contributed by atoms with E-state index in [0.29, 0.717) is 26.4 Å². The molecule has 1 N–H and O–H groups in total. The molecule has 22 heavy (non-hydrogen) atoms. The Morgan fingerprint density at radius 2 is 1.64 bits per heavy atom. The lowest BCUT2D eigenvalue weighted by molar-refractivity contribution is -0.142. The molecule has 0 aliphatic heterocycles. The first-order valence-electron chi connectivity index (χ1n) is 6.63. The molecule has 0 spiro atoms. The predicted octanol–water partition coefficient (Wildman–Crippen LogP) is 1.01. The molecule has 0 radical (unpaired) electrons. The first-order valence-corrected chi connectivity index (χ1v) is 6.63. The maximum absolute atomic E-state index is 10.9. The molecule has 0 aliphatic rings. The maximum Gasteiger partial charge on any atom is 0.506 e. The van der Waals surface area contributed by atoms with Crippen LogP contribution in [0.15, 0.2) is 25.3 Å². The normalized spacial score (nSPS) is 11.5. The average Bonchev–Trinajstić information content (AvgIpc) is 2.49. The summed E-state index contributed by atoms with van der Waals surface area (Å²) in [6.45, 7) is 8.36. The second kappa shape index (κ2) is 14.1. The summed E-state index contributed by atoms with van der Waals surface area (Å²) in [6.07, 6.45) is 0.238. The highest BCUT2D eigenvalue weighted by Crippen LogP contribution is 1.97. The van der Waals surface area contributed by atoms with E-state index >= 15 is 0 Å². The van der Waals surface area contributed by atoms with E-state index in [9.17, 15) is 9.59 Å². The molecule has 0 aliphatic carbocycles. The molecule has 0 aromatic heterocycles. The van der Waals surface area contributed by atoms with Crippen LogP contribution in [0.1, 0.15) is 0 Å². The monoisotopic (exact) mass is 318 g/mol. The van der Waals surface area contributed by atoms with Gasteiger partial charge in [-0.05, 0) is 0 Å². The SMILES string of the molecule is C=CCOCCOCCOCC(COC(=O)C=C)OC(=O)O. The average molecular weight is 318 g/mol. The van der Waals surface area contributed by atoms with E-state index in [1.165, 1.54) is 0 Å². The summed E-state index contributed by atoms with van der Waals surface area (Å²) in [7, 11) is 0. The van der Waals surface area contributed by atoms with Crippen LogP contribution in [0.4, 0.5) is 4.79 Å². The van der Waals surface area contributed by atoms with Gasteiger partial charge in [-0.25, -0.2) is 9.59 Å². The number of ether oxygens (including phenoxy) is 5. The molecule has 8 nitrogen and oxygen atoms in total. The van der Waals surface area contributed by atoms with Crippen LogP contribution >= 0.6 is 0 Å². The Morgan fingerprint density at radius 3 is 2.23 bits per heavy atom. The number of esters is 1. The van der Waals surface area contributed by atoms with Crippen molar-refractivity contribution in [1.29, 1.82) is 0 Å². The van der Waals surface area contributed by atoms with E-state index in [2.05, 4.69) is 17.9 Å². The predicted molar refractivity (Wildman–Crippen MR) is 76.7 cm³/mol. The lowest BCUT2D eigenvalue weighted by atomic mass is 10.4. The fraction of sp³-hybridized carbons (Fsp3) is 0.571. The number of carboxylic acid groups (broad SMARTS) is 1. The molecule has 0 saturated heterocycles. The van der Waals surface area contributed by atoms with E-state index in [0.717, 1.165) is 6.08 Å². The third kappa shape index (κ3) is 13.1. The molecule has 1 unspecified atom stereocenters. The minimum Gasteiger partial charge on any atom is -0.458 e. The van der Waals surface area contributed by atoms with Crippen molar-refractivity contribution in [1.82, 2.24) is 0 Å². The van der Waals surface area contributed by atoms with Gasteiger partial charge >= 0.3 is 12.1 Å². The number of hydrogen-bond acceptors (Lipinski definition) is 7. The van der Waals surface area contributed by atoms with E-state index < -0.39 is 18.2 Å². The highest BCUT2D eigenvalue weighted by atomic mass is 16.7. The zero-order valence-corrected chi connectivity index (χ0v) is 12.4. The molecule has 0 aromatic rings. The molecule has 0 bridgehead atoms. The summed E-state index contributed by atoms with van der Waals surface area (Å²) in [6, 6.07) is 0. The van der Waals surface area contributed by atoms with Crippen LogP contribution in [-0.4, -0.2) is 69.6 Å². The summed E-state index contributed by atoms with van der Waals surface area (Å²) in [5.41, 5.74) is 0. The third-order valence-electron chi connectivity index (χ3n) is 2.13. The van der Waals surface area contributed by atoms with Gasteiger partial charge in [0.2, 0.25) is 0 Å². The van der Waals surface area contributed by atoms with E-state index in [1.807, 2.05) is 0 Å². The zero-order valence-electron chi connectivity index (χ0n) is 12.4. The van der Waals surface area contributed by atoms with Gasteiger partial charge in [-0.1, -0.05) is 12.7 Å². The summed E-state index contributed by atoms with van der Waals surface area (Å²) < 4.78 is 24.8. The van der Waals surface area contributed by atoms with Crippen molar-refractivity contribution in [2.24, 2.45) is 0 Å². The largest absolute Gasteiger partial charge is 0.506 e. The van der Waals surface area contributed by atoms with Crippen molar-refractivity contribution in [3.63, 3.8) is 0 Å². The quantitative estimate of drug-likeness (QED) is 0.219. The van der Waals surface area contributed by atoms with E-state index in [1.54, 1.807) is 6.08 Å². The molecule has 0 rings (SSSR count). The molecular weight excluding hydrogens is 296 g/mol. The zero-order chi connectivity index (χ0) is 16.6. The van der Waals surface area contributed by atoms with Crippen LogP contribution in [0.2, 0.25) is 0 Å². The Kier molecular flexibility index (Phi) is 12.8. The number of rotatable bonds is 14. The summed E-state index contributed by atoms with van der Waals surface area (Å²) >= 11 is 0. The summed E-state index contributed by atoms with van der Waals surface area (Å²) in [5, 5.41) is 8.57. The number of carbonyl (C=O) groups excluding carboxylic acids is 1. The Balaban J connectivity index is 3.70. The molecule has 0 fully saturated rings. The highest BCUT2D eigenvalue weighted by molar-refractivity contribution is 5.81. The first-order chi connectivity index (χ1) is 10.6. The lowest BCUT2D eigenvalue weighted by Gasteiger charge is -2.15. The van der Waals surface area contributed by atoms with Crippen LogP contribution in [0.3, 0.4) is 0 Å². The van der Waals surface area contributed by atoms with Crippen LogP contribution in [0.25, 0.3) is 0 Å². The van der Waals surface area contributed by atoms with Crippen molar-refractivity contribution in [2.45, 2.75) is 6.10 Å². The fourth-order valence-electron chi connectivity index (χ4n) is 1.21. The molecule has 8 heteroatoms. The van der Waals surface area contributed by atoms with Crippen LogP contribution < -0.4 is 0 Å². The van der Waals surface area contributed by atoms with Crippen molar-refractivity contribution in [3.8, 4) is 0 Å². The molecule has 0 heterocycles. The van der Waals surface area contributed by atoms with Crippen LogP contribution in [0.5, 0.6) is 0 Å². The molecule has 0 saturated carbocycles. The molecular formula is C14H22O8. The van der Waals surface area contributed by atoms with Gasteiger partial charge in [0.05, 0.1) is 39.6 Å². The second-order valence-electron chi connectivity index (χ2n) is 3.89. The molecule has 126 valence electrons. The van der Waals surface area contributed by atoms with Crippen molar-refractivity contribution < 1.29 is 38.4 Å². The first kappa shape index (κ1) is 20.1. The van der Waals surface area contributed by atoms with Gasteiger partial charge in [-0.2, -0.15) is 0 Å². The van der Waals surface area contributed by atoms with Gasteiger partial charge in [0.15, 0.2) is 6.10 Å². The van der Waals surface area contributed by atoms with Crippen molar-refractivity contribution in [2.75, 3.05) is 46.2 Å². The van der Waals surface area contributed by atoms with Gasteiger partial charge < -0.3 is 28.8 Å². The highest BCUT2D eigenvalue weighted by Gasteiger charge is 2.16. The summed E-state index contributed by atoms with van der Waals surface area (Å²) in [4.78, 5) is 21.4. The Morgan fingerprint density at radius 1 is 1.00 bits per heavy atom. The van der Waals surface area contributed by atoms with Crippen LogP contribution in [0, 0.1) is 0 Å². The Labute approximate surface area is 129 Å². The van der Waals surface area contributed by atoms with Crippen LogP contribution in [-0.2, 0) is 28.5 Å². The molecule has 0 aromatic carbocycles. The lowest BCUT2D eigenvalue weighted by Crippen LogP contribution is -2.29. The van der Waals surface area contributed by atoms with Gasteiger partial charge in [0.25, 0.3) is 0 Å². The standard InChI is InChI=1S/C14H22O8/c1-3-5-18-6-7-19-8-9-20-10-12(22-14(16)17)11-21-13(15)4-2/h3-4,12H,1-2,5-11H2,(H,16,17). The van der Waals surface area contributed by atoms with E-state index in [4.69, 9.17) is 24.1 Å². The third-order valence-corrected chi connectivity index (χ3v) is 2.13. The van der Waals surface area contributed by atoms with E-state index in [-0.39, 0.29) is 19.8 Å². The van der Waals surface area contributed by atoms with Gasteiger partial charge in [-0.15, -0.1) is 6.58 Å². The summed E-state index contributed by atoms with van der Waals surface area (Å²) in [5.74, 6) is -0.665. The topological polar surface area (TPSA) is 101 Å². The van der Waals surface area contributed by atoms with Gasteiger partial charge in [0, 0.05) is 6.08 Å². The minimum atomic E-state index is -1.47. The second-order valence-corrected chi connectivity index (χ2v) is 3.89. The van der Waals surface area contributed by atoms with Gasteiger partial charge in [-0.3, -0.25) is 0 Å². The smallest absolute Gasteiger partial charge is 0.458 e. The maximum atomic E-state index is 10.9. The van der Waals surface area contributed by atoms with Crippen molar-refractivity contribution >= 4 is 12.1 Å². The molecule has 1 atom stereocenters. The Hall–Kier alpha value is -1.90. The number of carbonyl (C=O) groups is 2. The number of hydrogen-bond donors (Lipinski definition) is 1. The Bertz CT molecular complexity index is 342. The molecule has 0 amide bonds. The van der Waals surface area contributed by atoms with Gasteiger partial charge in [0.1, 0.15) is 6.61 Å². The fourth-order valence-corrected chi connectivity index (χ4v) is 1.21. The van der Waals surface area contributed by atoms with Crippen molar-refractivity contribution in [3.05, 3.63) is 25.3 Å².